The van der Waals surface area contributed by atoms with Crippen LogP contribution >= 0.6 is 0 Å². The lowest BCUT2D eigenvalue weighted by Crippen LogP contribution is -2.51. The molecule has 0 saturated carbocycles. The van der Waals surface area contributed by atoms with Crippen LogP contribution in [0.25, 0.3) is 0 Å². The number of amides is 2. The Bertz CT molecular complexity index is 1210. The molecule has 2 aliphatic heterocycles. The van der Waals surface area contributed by atoms with E-state index in [1.807, 2.05) is 0 Å². The summed E-state index contributed by atoms with van der Waals surface area (Å²) in [6.45, 7) is 1.58. The number of benzene rings is 1. The molecular weight excluding hydrogens is 502 g/mol. The Labute approximate surface area is 215 Å². The zero-order valence-electron chi connectivity index (χ0n) is 20.8. The van der Waals surface area contributed by atoms with E-state index in [-0.39, 0.29) is 27.9 Å². The summed E-state index contributed by atoms with van der Waals surface area (Å²) in [5.74, 6) is -1.07. The summed E-state index contributed by atoms with van der Waals surface area (Å²) in [7, 11) is -2.50. The summed E-state index contributed by atoms with van der Waals surface area (Å²) in [4.78, 5) is 40.7. The van der Waals surface area contributed by atoms with Crippen molar-refractivity contribution >= 4 is 27.8 Å². The normalized spacial score (nSPS) is 17.2. The van der Waals surface area contributed by atoms with Crippen LogP contribution in [0.1, 0.15) is 46.6 Å². The predicted octanol–water partition coefficient (Wildman–Crippen LogP) is 1.99. The first-order chi connectivity index (χ1) is 17.8. The molecule has 0 atom stereocenters. The molecule has 2 saturated heterocycles. The molecule has 2 aliphatic rings. The van der Waals surface area contributed by atoms with Crippen molar-refractivity contribution in [3.05, 3.63) is 47.9 Å². The second-order valence-electron chi connectivity index (χ2n) is 8.91. The molecule has 0 spiro atoms. The van der Waals surface area contributed by atoms with Crippen molar-refractivity contribution < 1.29 is 36.7 Å². The Morgan fingerprint density at radius 1 is 0.919 bits per heavy atom. The van der Waals surface area contributed by atoms with E-state index in [1.165, 1.54) is 40.8 Å². The second-order valence-corrected chi connectivity index (χ2v) is 10.8. The highest BCUT2D eigenvalue weighted by Gasteiger charge is 2.30. The number of rotatable bonds is 7. The van der Waals surface area contributed by atoms with Crippen molar-refractivity contribution in [3.8, 4) is 5.75 Å². The van der Waals surface area contributed by atoms with Gasteiger partial charge in [-0.05, 0) is 43.2 Å². The summed E-state index contributed by atoms with van der Waals surface area (Å²) < 4.78 is 43.7. The molecule has 0 bridgehead atoms. The number of methoxy groups -OCH3 is 1. The molecule has 0 radical (unpaired) electrons. The maximum Gasteiger partial charge on any atom is 0.338 e. The van der Waals surface area contributed by atoms with Crippen LogP contribution in [0.5, 0.6) is 5.75 Å². The van der Waals surface area contributed by atoms with Crippen LogP contribution in [0.4, 0.5) is 0 Å². The zero-order chi connectivity index (χ0) is 26.4. The zero-order valence-corrected chi connectivity index (χ0v) is 21.6. The smallest absolute Gasteiger partial charge is 0.338 e. The molecular formula is C25H31N3O8S. The van der Waals surface area contributed by atoms with Crippen LogP contribution in [-0.4, -0.2) is 93.3 Å². The third-order valence-electron chi connectivity index (χ3n) is 6.56. The van der Waals surface area contributed by atoms with Crippen LogP contribution in [0.2, 0.25) is 0 Å². The van der Waals surface area contributed by atoms with Gasteiger partial charge in [-0.25, -0.2) is 13.2 Å². The molecule has 1 aromatic carbocycles. The fourth-order valence-electron chi connectivity index (χ4n) is 4.44. The standard InChI is InChI=1S/C25H31N3O8S/c1-34-20-9-8-19(17-22(20)37(32,33)28-10-4-2-3-5-11-28)25(31)36-18-23(29)26-12-14-27(15-13-26)24(30)21-7-6-16-35-21/h6-9,16-17H,2-5,10-15,18H2,1H3. The Morgan fingerprint density at radius 3 is 2.22 bits per heavy atom. The van der Waals surface area contributed by atoms with Crippen molar-refractivity contribution in [2.45, 2.75) is 30.6 Å². The topological polar surface area (TPSA) is 127 Å². The SMILES string of the molecule is COc1ccc(C(=O)OCC(=O)N2CCN(C(=O)c3ccco3)CC2)cc1S(=O)(=O)N1CCCCCC1. The van der Waals surface area contributed by atoms with Gasteiger partial charge in [0.1, 0.15) is 10.6 Å². The largest absolute Gasteiger partial charge is 0.495 e. The molecule has 0 unspecified atom stereocenters. The Kier molecular flexibility index (Phi) is 8.49. The second kappa shape index (κ2) is 11.8. The lowest BCUT2D eigenvalue weighted by atomic mass is 10.2. The molecule has 0 N–H and O–H groups in total. The van der Waals surface area contributed by atoms with E-state index in [0.29, 0.717) is 39.3 Å². The van der Waals surface area contributed by atoms with Crippen LogP contribution in [0.3, 0.4) is 0 Å². The number of carbonyl (C=O) groups excluding carboxylic acids is 3. The third kappa shape index (κ3) is 6.13. The quantitative estimate of drug-likeness (QED) is 0.495. The van der Waals surface area contributed by atoms with Gasteiger partial charge >= 0.3 is 5.97 Å². The summed E-state index contributed by atoms with van der Waals surface area (Å²) in [6.07, 6.45) is 4.92. The van der Waals surface area contributed by atoms with Gasteiger partial charge in [0.25, 0.3) is 11.8 Å². The van der Waals surface area contributed by atoms with E-state index in [2.05, 4.69) is 0 Å². The van der Waals surface area contributed by atoms with Crippen molar-refractivity contribution in [2.24, 2.45) is 0 Å². The van der Waals surface area contributed by atoms with Gasteiger partial charge in [0, 0.05) is 39.3 Å². The van der Waals surface area contributed by atoms with E-state index >= 15 is 0 Å². The highest BCUT2D eigenvalue weighted by atomic mass is 32.2. The van der Waals surface area contributed by atoms with Gasteiger partial charge in [-0.2, -0.15) is 4.31 Å². The number of ether oxygens (including phenoxy) is 2. The number of furan rings is 1. The lowest BCUT2D eigenvalue weighted by molar-refractivity contribution is -0.136. The van der Waals surface area contributed by atoms with Crippen LogP contribution in [0, 0.1) is 0 Å². The summed E-state index contributed by atoms with van der Waals surface area (Å²) in [5, 5.41) is 0. The van der Waals surface area contributed by atoms with E-state index in [0.717, 1.165) is 25.7 Å². The number of nitrogens with zero attached hydrogens (tertiary/aromatic N) is 3. The van der Waals surface area contributed by atoms with Gasteiger partial charge in [0.2, 0.25) is 10.0 Å². The summed E-state index contributed by atoms with van der Waals surface area (Å²) in [5.41, 5.74) is 0.0101. The highest BCUT2D eigenvalue weighted by molar-refractivity contribution is 7.89. The molecule has 1 aromatic heterocycles. The van der Waals surface area contributed by atoms with E-state index in [9.17, 15) is 22.8 Å². The maximum absolute atomic E-state index is 13.3. The number of carbonyl (C=O) groups is 3. The number of piperazine rings is 1. The number of sulfonamides is 1. The third-order valence-corrected chi connectivity index (χ3v) is 8.48. The minimum absolute atomic E-state index is 0.0101. The molecule has 2 amide bonds. The van der Waals surface area contributed by atoms with E-state index in [4.69, 9.17) is 13.9 Å². The highest BCUT2D eigenvalue weighted by Crippen LogP contribution is 2.29. The average molecular weight is 534 g/mol. The Balaban J connectivity index is 1.36. The molecule has 2 fully saturated rings. The van der Waals surface area contributed by atoms with Crippen molar-refractivity contribution in [1.82, 2.24) is 14.1 Å². The average Bonchev–Trinajstić information content (AvgIpc) is 3.32. The fraction of sp³-hybridized carbons (Fsp3) is 0.480. The molecule has 3 heterocycles. The molecule has 37 heavy (non-hydrogen) atoms. The van der Waals surface area contributed by atoms with Crippen LogP contribution < -0.4 is 4.74 Å². The monoisotopic (exact) mass is 533 g/mol. The first kappa shape index (κ1) is 26.7. The molecule has 200 valence electrons. The van der Waals surface area contributed by atoms with Gasteiger partial charge in [-0.15, -0.1) is 0 Å². The van der Waals surface area contributed by atoms with Gasteiger partial charge < -0.3 is 23.7 Å². The van der Waals surface area contributed by atoms with Gasteiger partial charge in [0.15, 0.2) is 12.4 Å². The fourth-order valence-corrected chi connectivity index (χ4v) is 6.14. The van der Waals surface area contributed by atoms with Gasteiger partial charge in [-0.3, -0.25) is 9.59 Å². The minimum Gasteiger partial charge on any atom is -0.495 e. The van der Waals surface area contributed by atoms with Gasteiger partial charge in [-0.1, -0.05) is 12.8 Å². The molecule has 0 aliphatic carbocycles. The summed E-state index contributed by atoms with van der Waals surface area (Å²) >= 11 is 0. The number of hydrogen-bond donors (Lipinski definition) is 0. The Hall–Kier alpha value is -3.38. The van der Waals surface area contributed by atoms with Crippen molar-refractivity contribution in [3.63, 3.8) is 0 Å². The number of esters is 1. The minimum atomic E-state index is -3.87. The molecule has 12 heteroatoms. The van der Waals surface area contributed by atoms with Crippen LogP contribution in [-0.2, 0) is 19.6 Å². The Morgan fingerprint density at radius 2 is 1.59 bits per heavy atom. The first-order valence-electron chi connectivity index (χ1n) is 12.3. The van der Waals surface area contributed by atoms with Gasteiger partial charge in [0.05, 0.1) is 18.9 Å². The molecule has 11 nitrogen and oxygen atoms in total. The predicted molar refractivity (Wildman–Crippen MR) is 132 cm³/mol. The molecule has 4 rings (SSSR count). The van der Waals surface area contributed by atoms with Crippen LogP contribution in [0.15, 0.2) is 45.9 Å². The number of hydrogen-bond acceptors (Lipinski definition) is 8. The van der Waals surface area contributed by atoms with Crippen molar-refractivity contribution in [1.29, 1.82) is 0 Å². The maximum atomic E-state index is 13.3. The molecule has 2 aromatic rings. The lowest BCUT2D eigenvalue weighted by Gasteiger charge is -2.34. The van der Waals surface area contributed by atoms with Crippen molar-refractivity contribution in [2.75, 3.05) is 53.0 Å². The first-order valence-corrected chi connectivity index (χ1v) is 13.7. The van der Waals surface area contributed by atoms with E-state index < -0.39 is 28.5 Å². The van der Waals surface area contributed by atoms with E-state index in [1.54, 1.807) is 17.0 Å². The summed E-state index contributed by atoms with van der Waals surface area (Å²) in [6, 6.07) is 7.29.